The van der Waals surface area contributed by atoms with Gasteiger partial charge in [0.1, 0.15) is 0 Å². The highest BCUT2D eigenvalue weighted by molar-refractivity contribution is 5.74. The minimum absolute atomic E-state index is 0.248. The Balaban J connectivity index is 1.96. The van der Waals surface area contributed by atoms with Crippen LogP contribution in [0, 0.1) is 13.8 Å². The van der Waals surface area contributed by atoms with Gasteiger partial charge in [0.25, 0.3) is 0 Å². The third-order valence-corrected chi connectivity index (χ3v) is 6.30. The van der Waals surface area contributed by atoms with Gasteiger partial charge >= 0.3 is 5.97 Å². The fraction of sp³-hybridized carbons (Fsp3) is 0.759. The highest BCUT2D eigenvalue weighted by atomic mass is 16.5. The lowest BCUT2D eigenvalue weighted by Gasteiger charge is -2.13. The maximum absolute atomic E-state index is 12.0. The Kier molecular flexibility index (Phi) is 17.0. The number of unbranched alkanes of at least 4 members (excludes halogenated alkanes) is 11. The molecule has 4 heteroatoms. The summed E-state index contributed by atoms with van der Waals surface area (Å²) in [7, 11) is 0. The van der Waals surface area contributed by atoms with Crippen molar-refractivity contribution < 1.29 is 19.7 Å². The Morgan fingerprint density at radius 2 is 1.24 bits per heavy atom. The molecule has 0 saturated heterocycles. The Hall–Kier alpha value is -1.39. The summed E-state index contributed by atoms with van der Waals surface area (Å²) in [6.45, 7) is 6.52. The van der Waals surface area contributed by atoms with Crippen LogP contribution in [-0.4, -0.2) is 35.0 Å². The average Bonchev–Trinajstić information content (AvgIpc) is 2.76. The smallest absolute Gasteiger partial charge is 0.335 e. The van der Waals surface area contributed by atoms with Crippen LogP contribution in [-0.2, 0) is 16.0 Å². The second kappa shape index (κ2) is 19.0. The van der Waals surface area contributed by atoms with Gasteiger partial charge in [0.15, 0.2) is 6.10 Å². The second-order valence-electron chi connectivity index (χ2n) is 9.86. The molecule has 0 amide bonds. The SMILES string of the molecule is CCCCCCCCCCCCCCC(O)CCCOC(=O)C(O)Cc1cc(C)cc(C)c1. The largest absolute Gasteiger partial charge is 0.464 e. The number of carbonyl (C=O) groups excluding carboxylic acids is 1. The summed E-state index contributed by atoms with van der Waals surface area (Å²) in [5.74, 6) is -0.579. The molecule has 1 aromatic carbocycles. The van der Waals surface area contributed by atoms with Crippen LogP contribution in [0.4, 0.5) is 0 Å². The van der Waals surface area contributed by atoms with E-state index in [2.05, 4.69) is 13.0 Å². The quantitative estimate of drug-likeness (QED) is 0.162. The second-order valence-corrected chi connectivity index (χ2v) is 9.86. The van der Waals surface area contributed by atoms with Crippen molar-refractivity contribution in [3.8, 4) is 0 Å². The predicted molar refractivity (Wildman–Crippen MR) is 138 cm³/mol. The number of ether oxygens (including phenoxy) is 1. The maximum atomic E-state index is 12.0. The molecular formula is C29H50O4. The van der Waals surface area contributed by atoms with Crippen LogP contribution in [0.1, 0.15) is 120 Å². The van der Waals surface area contributed by atoms with E-state index < -0.39 is 12.1 Å². The van der Waals surface area contributed by atoms with E-state index in [1.54, 1.807) is 0 Å². The number of aryl methyl sites for hydroxylation is 2. The van der Waals surface area contributed by atoms with Crippen LogP contribution >= 0.6 is 0 Å². The molecular weight excluding hydrogens is 412 g/mol. The van der Waals surface area contributed by atoms with Gasteiger partial charge in [-0.3, -0.25) is 0 Å². The molecule has 0 aliphatic carbocycles. The standard InChI is InChI=1S/C29H50O4/c1-4-5-6-7-8-9-10-11-12-13-14-15-17-27(30)18-16-19-33-29(32)28(31)23-26-21-24(2)20-25(3)22-26/h20-22,27-28,30-31H,4-19,23H2,1-3H3. The fourth-order valence-electron chi connectivity index (χ4n) is 4.45. The van der Waals surface area contributed by atoms with Crippen molar-refractivity contribution in [3.05, 3.63) is 34.9 Å². The van der Waals surface area contributed by atoms with E-state index in [-0.39, 0.29) is 19.1 Å². The zero-order valence-electron chi connectivity index (χ0n) is 21.6. The van der Waals surface area contributed by atoms with E-state index >= 15 is 0 Å². The molecule has 2 atom stereocenters. The summed E-state index contributed by atoms with van der Waals surface area (Å²) < 4.78 is 5.20. The molecule has 2 N–H and O–H groups in total. The summed E-state index contributed by atoms with van der Waals surface area (Å²) in [5.41, 5.74) is 3.18. The van der Waals surface area contributed by atoms with Gasteiger partial charge in [-0.2, -0.15) is 0 Å². The minimum Gasteiger partial charge on any atom is -0.464 e. The zero-order valence-corrected chi connectivity index (χ0v) is 21.6. The Bertz CT molecular complexity index is 608. The van der Waals surface area contributed by atoms with Crippen LogP contribution in [0.15, 0.2) is 18.2 Å². The summed E-state index contributed by atoms with van der Waals surface area (Å²) in [6, 6.07) is 6.03. The van der Waals surface area contributed by atoms with E-state index in [0.29, 0.717) is 12.8 Å². The van der Waals surface area contributed by atoms with Gasteiger partial charge in [-0.05, 0) is 38.7 Å². The average molecular weight is 463 g/mol. The first-order valence-corrected chi connectivity index (χ1v) is 13.5. The van der Waals surface area contributed by atoms with Crippen molar-refractivity contribution in [2.75, 3.05) is 6.61 Å². The molecule has 0 heterocycles. The van der Waals surface area contributed by atoms with Crippen molar-refractivity contribution >= 4 is 5.97 Å². The number of carbonyl (C=O) groups is 1. The Morgan fingerprint density at radius 1 is 0.758 bits per heavy atom. The van der Waals surface area contributed by atoms with Crippen LogP contribution in [0.2, 0.25) is 0 Å². The van der Waals surface area contributed by atoms with Gasteiger partial charge < -0.3 is 14.9 Å². The fourth-order valence-corrected chi connectivity index (χ4v) is 4.45. The van der Waals surface area contributed by atoms with Crippen LogP contribution in [0.3, 0.4) is 0 Å². The van der Waals surface area contributed by atoms with Gasteiger partial charge in [-0.25, -0.2) is 4.79 Å². The van der Waals surface area contributed by atoms with Crippen LogP contribution in [0.25, 0.3) is 0 Å². The van der Waals surface area contributed by atoms with E-state index in [1.807, 2.05) is 26.0 Å². The Morgan fingerprint density at radius 3 is 1.79 bits per heavy atom. The first kappa shape index (κ1) is 29.6. The number of aliphatic hydroxyl groups excluding tert-OH is 2. The highest BCUT2D eigenvalue weighted by Crippen LogP contribution is 2.15. The molecule has 33 heavy (non-hydrogen) atoms. The highest BCUT2D eigenvalue weighted by Gasteiger charge is 2.17. The molecule has 0 radical (unpaired) electrons. The Labute approximate surface area is 203 Å². The van der Waals surface area contributed by atoms with Crippen molar-refractivity contribution in [3.63, 3.8) is 0 Å². The minimum atomic E-state index is -1.14. The number of hydrogen-bond donors (Lipinski definition) is 2. The number of esters is 1. The summed E-state index contributed by atoms with van der Waals surface area (Å²) in [4.78, 5) is 12.0. The molecule has 1 rings (SSSR count). The van der Waals surface area contributed by atoms with E-state index in [4.69, 9.17) is 4.74 Å². The van der Waals surface area contributed by atoms with Crippen molar-refractivity contribution in [1.29, 1.82) is 0 Å². The lowest BCUT2D eigenvalue weighted by molar-refractivity contribution is -0.153. The lowest BCUT2D eigenvalue weighted by Crippen LogP contribution is -2.26. The monoisotopic (exact) mass is 462 g/mol. The van der Waals surface area contributed by atoms with E-state index in [9.17, 15) is 15.0 Å². The first-order chi connectivity index (χ1) is 15.9. The van der Waals surface area contributed by atoms with Crippen LogP contribution < -0.4 is 0 Å². The van der Waals surface area contributed by atoms with Crippen molar-refractivity contribution in [2.45, 2.75) is 136 Å². The van der Waals surface area contributed by atoms with Gasteiger partial charge in [-0.1, -0.05) is 113 Å². The molecule has 0 aliphatic rings. The first-order valence-electron chi connectivity index (χ1n) is 13.5. The molecule has 1 aromatic rings. The van der Waals surface area contributed by atoms with Gasteiger partial charge in [-0.15, -0.1) is 0 Å². The lowest BCUT2D eigenvalue weighted by atomic mass is 10.0. The number of aliphatic hydroxyl groups is 2. The molecule has 190 valence electrons. The molecule has 0 aromatic heterocycles. The van der Waals surface area contributed by atoms with Gasteiger partial charge in [0.05, 0.1) is 12.7 Å². The number of rotatable bonds is 20. The number of benzene rings is 1. The normalized spacial score (nSPS) is 13.1. The number of hydrogen-bond acceptors (Lipinski definition) is 4. The van der Waals surface area contributed by atoms with E-state index in [1.165, 1.54) is 70.6 Å². The molecule has 4 nitrogen and oxygen atoms in total. The summed E-state index contributed by atoms with van der Waals surface area (Å²) in [5, 5.41) is 20.3. The molecule has 0 spiro atoms. The molecule has 0 aliphatic heterocycles. The van der Waals surface area contributed by atoms with Gasteiger partial charge in [0, 0.05) is 6.42 Å². The van der Waals surface area contributed by atoms with Crippen LogP contribution in [0.5, 0.6) is 0 Å². The van der Waals surface area contributed by atoms with Crippen molar-refractivity contribution in [1.82, 2.24) is 0 Å². The topological polar surface area (TPSA) is 66.8 Å². The van der Waals surface area contributed by atoms with Gasteiger partial charge in [0.2, 0.25) is 0 Å². The molecule has 0 fully saturated rings. The summed E-state index contributed by atoms with van der Waals surface area (Å²) in [6.07, 6.45) is 16.7. The predicted octanol–water partition coefficient (Wildman–Crippen LogP) is 6.98. The molecule has 2 unspecified atom stereocenters. The molecule has 0 saturated carbocycles. The van der Waals surface area contributed by atoms with E-state index in [0.717, 1.165) is 29.5 Å². The summed E-state index contributed by atoms with van der Waals surface area (Å²) >= 11 is 0. The maximum Gasteiger partial charge on any atom is 0.335 e. The zero-order chi connectivity index (χ0) is 24.3. The van der Waals surface area contributed by atoms with Crippen molar-refractivity contribution in [2.24, 2.45) is 0 Å². The third-order valence-electron chi connectivity index (χ3n) is 6.30. The third kappa shape index (κ3) is 16.0. The molecule has 0 bridgehead atoms.